The molecule has 0 spiro atoms. The molecule has 0 atom stereocenters. The highest BCUT2D eigenvalue weighted by Crippen LogP contribution is 2.04. The van der Waals surface area contributed by atoms with Gasteiger partial charge in [-0.3, -0.25) is 0 Å². The Morgan fingerprint density at radius 1 is 1.33 bits per heavy atom. The van der Waals surface area contributed by atoms with E-state index in [9.17, 15) is 0 Å². The Morgan fingerprint density at radius 2 is 2.06 bits per heavy atom. The van der Waals surface area contributed by atoms with Crippen molar-refractivity contribution in [3.05, 3.63) is 16.5 Å². The van der Waals surface area contributed by atoms with Crippen LogP contribution in [0.3, 0.4) is 0 Å². The van der Waals surface area contributed by atoms with Crippen LogP contribution in [0.25, 0.3) is 0 Å². The molecule has 0 aliphatic rings. The van der Waals surface area contributed by atoms with Crippen LogP contribution in [0.2, 0.25) is 0 Å². The maximum absolute atomic E-state index is 5.13. The van der Waals surface area contributed by atoms with Crippen molar-refractivity contribution >= 4 is 18.0 Å². The summed E-state index contributed by atoms with van der Waals surface area (Å²) in [5.41, 5.74) is 0. The predicted molar refractivity (Wildman–Crippen MR) is 79.7 cm³/mol. The van der Waals surface area contributed by atoms with Gasteiger partial charge in [0, 0.05) is 19.0 Å². The van der Waals surface area contributed by atoms with E-state index in [1.807, 2.05) is 6.07 Å². The Labute approximate surface area is 115 Å². The Morgan fingerprint density at radius 3 is 2.67 bits per heavy atom. The molecule has 1 heterocycles. The van der Waals surface area contributed by atoms with Crippen molar-refractivity contribution in [3.63, 3.8) is 0 Å². The van der Waals surface area contributed by atoms with Gasteiger partial charge in [-0.2, -0.15) is 0 Å². The Hall–Kier alpha value is -0.940. The number of hydrogen-bond acceptors (Lipinski definition) is 4. The summed E-state index contributed by atoms with van der Waals surface area (Å²) in [6.45, 7) is 10.8. The van der Waals surface area contributed by atoms with Crippen LogP contribution in [-0.4, -0.2) is 41.0 Å². The molecule has 0 saturated carbocycles. The molecular weight excluding hydrogens is 244 g/mol. The first-order valence-corrected chi connectivity index (χ1v) is 7.16. The number of hydrogen-bond donors (Lipinski definition) is 2. The Balaban J connectivity index is 2.39. The number of H-pyrrole nitrogens is 1. The summed E-state index contributed by atoms with van der Waals surface area (Å²) in [6.07, 6.45) is 2.00. The fourth-order valence-corrected chi connectivity index (χ4v) is 2.06. The number of anilines is 1. The van der Waals surface area contributed by atoms with Gasteiger partial charge in [-0.15, -0.1) is 0 Å². The van der Waals surface area contributed by atoms with Crippen LogP contribution in [0.5, 0.6) is 0 Å². The third-order valence-corrected chi connectivity index (χ3v) is 3.20. The van der Waals surface area contributed by atoms with Crippen LogP contribution in [0.15, 0.2) is 6.07 Å². The molecule has 102 valence electrons. The van der Waals surface area contributed by atoms with Crippen LogP contribution in [-0.2, 0) is 6.42 Å². The number of nitrogens with zero attached hydrogens (tertiary/aromatic N) is 2. The predicted octanol–water partition coefficient (Wildman–Crippen LogP) is 2.85. The van der Waals surface area contributed by atoms with Gasteiger partial charge in [0.1, 0.15) is 16.3 Å². The molecule has 0 saturated heterocycles. The number of aryl methyl sites for hydroxylation is 1. The summed E-state index contributed by atoms with van der Waals surface area (Å²) >= 11 is 5.13. The van der Waals surface area contributed by atoms with Gasteiger partial charge >= 0.3 is 0 Å². The van der Waals surface area contributed by atoms with Crippen molar-refractivity contribution in [1.29, 1.82) is 0 Å². The van der Waals surface area contributed by atoms with Crippen molar-refractivity contribution < 1.29 is 0 Å². The first kappa shape index (κ1) is 15.1. The molecule has 0 aliphatic heterocycles. The minimum atomic E-state index is 0.650. The van der Waals surface area contributed by atoms with Crippen molar-refractivity contribution in [2.24, 2.45) is 0 Å². The van der Waals surface area contributed by atoms with E-state index in [0.717, 1.165) is 50.7 Å². The second kappa shape index (κ2) is 8.21. The van der Waals surface area contributed by atoms with Gasteiger partial charge in [-0.25, -0.2) is 4.98 Å². The molecule has 0 fully saturated rings. The molecule has 1 aromatic heterocycles. The summed E-state index contributed by atoms with van der Waals surface area (Å²) in [4.78, 5) is 9.92. The quantitative estimate of drug-likeness (QED) is 0.562. The van der Waals surface area contributed by atoms with E-state index in [0.29, 0.717) is 4.64 Å². The fraction of sp³-hybridized carbons (Fsp3) is 0.692. The maximum Gasteiger partial charge on any atom is 0.131 e. The largest absolute Gasteiger partial charge is 0.371 e. The topological polar surface area (TPSA) is 44.0 Å². The zero-order valence-corrected chi connectivity index (χ0v) is 12.4. The molecule has 1 rings (SSSR count). The van der Waals surface area contributed by atoms with Crippen LogP contribution in [0.4, 0.5) is 5.82 Å². The second-order valence-electron chi connectivity index (χ2n) is 4.24. The molecule has 0 radical (unpaired) electrons. The summed E-state index contributed by atoms with van der Waals surface area (Å²) in [5, 5.41) is 3.37. The molecule has 2 N–H and O–H groups in total. The average Bonchev–Trinajstić information content (AvgIpc) is 2.38. The molecule has 0 amide bonds. The molecule has 18 heavy (non-hydrogen) atoms. The van der Waals surface area contributed by atoms with Gasteiger partial charge in [0.05, 0.1) is 0 Å². The van der Waals surface area contributed by atoms with Crippen LogP contribution in [0, 0.1) is 4.64 Å². The first-order chi connectivity index (χ1) is 8.69. The van der Waals surface area contributed by atoms with E-state index in [2.05, 4.69) is 41.0 Å². The van der Waals surface area contributed by atoms with Crippen molar-refractivity contribution in [3.8, 4) is 0 Å². The SMILES string of the molecule is CCc1nc(=S)cc(NCCCN(CC)CC)[nH]1. The Bertz CT molecular complexity index is 398. The summed E-state index contributed by atoms with van der Waals surface area (Å²) in [7, 11) is 0. The van der Waals surface area contributed by atoms with Crippen molar-refractivity contribution in [2.45, 2.75) is 33.6 Å². The maximum atomic E-state index is 5.13. The molecule has 5 heteroatoms. The fourth-order valence-electron chi connectivity index (χ4n) is 1.84. The molecule has 0 aromatic carbocycles. The molecule has 1 aromatic rings. The van der Waals surface area contributed by atoms with Gasteiger partial charge in [0.25, 0.3) is 0 Å². The molecule has 4 nitrogen and oxygen atoms in total. The third kappa shape index (κ3) is 5.14. The number of aromatic nitrogens is 2. The zero-order chi connectivity index (χ0) is 13.4. The highest BCUT2D eigenvalue weighted by molar-refractivity contribution is 7.71. The van der Waals surface area contributed by atoms with Gasteiger partial charge < -0.3 is 15.2 Å². The normalized spacial score (nSPS) is 10.9. The van der Waals surface area contributed by atoms with E-state index >= 15 is 0 Å². The number of aromatic amines is 1. The lowest BCUT2D eigenvalue weighted by Crippen LogP contribution is -2.25. The molecule has 0 aliphatic carbocycles. The summed E-state index contributed by atoms with van der Waals surface area (Å²) < 4.78 is 0.650. The van der Waals surface area contributed by atoms with Crippen LogP contribution in [0.1, 0.15) is 33.0 Å². The summed E-state index contributed by atoms with van der Waals surface area (Å²) in [6, 6.07) is 1.88. The Kier molecular flexibility index (Phi) is 6.90. The third-order valence-electron chi connectivity index (χ3n) is 2.99. The monoisotopic (exact) mass is 268 g/mol. The van der Waals surface area contributed by atoms with E-state index in [1.54, 1.807) is 0 Å². The lowest BCUT2D eigenvalue weighted by Gasteiger charge is -2.17. The highest BCUT2D eigenvalue weighted by atomic mass is 32.1. The second-order valence-corrected chi connectivity index (χ2v) is 4.66. The van der Waals surface area contributed by atoms with Gasteiger partial charge in [0.2, 0.25) is 0 Å². The van der Waals surface area contributed by atoms with Crippen LogP contribution >= 0.6 is 12.2 Å². The van der Waals surface area contributed by atoms with Gasteiger partial charge in [-0.05, 0) is 26.1 Å². The first-order valence-electron chi connectivity index (χ1n) is 6.76. The van der Waals surface area contributed by atoms with E-state index in [-0.39, 0.29) is 0 Å². The minimum Gasteiger partial charge on any atom is -0.371 e. The average molecular weight is 268 g/mol. The van der Waals surface area contributed by atoms with Crippen molar-refractivity contribution in [1.82, 2.24) is 14.9 Å². The van der Waals surface area contributed by atoms with Gasteiger partial charge in [0.15, 0.2) is 0 Å². The van der Waals surface area contributed by atoms with Crippen molar-refractivity contribution in [2.75, 3.05) is 31.5 Å². The lowest BCUT2D eigenvalue weighted by atomic mass is 10.3. The lowest BCUT2D eigenvalue weighted by molar-refractivity contribution is 0.303. The molecule has 0 bridgehead atoms. The molecule has 0 unspecified atom stereocenters. The highest BCUT2D eigenvalue weighted by Gasteiger charge is 1.99. The smallest absolute Gasteiger partial charge is 0.131 e. The number of nitrogens with one attached hydrogen (secondary N) is 2. The summed E-state index contributed by atoms with van der Waals surface area (Å²) in [5.74, 6) is 1.92. The number of rotatable bonds is 8. The van der Waals surface area contributed by atoms with E-state index < -0.39 is 0 Å². The minimum absolute atomic E-state index is 0.650. The molecular formula is C13H24N4S. The van der Waals surface area contributed by atoms with E-state index in [4.69, 9.17) is 12.2 Å². The standard InChI is InChI=1S/C13H24N4S/c1-4-11-15-12(10-13(18)16-11)14-8-7-9-17(5-2)6-3/h10H,4-9H2,1-3H3,(H2,14,15,16,18). The van der Waals surface area contributed by atoms with E-state index in [1.165, 1.54) is 0 Å². The van der Waals surface area contributed by atoms with Gasteiger partial charge in [-0.1, -0.05) is 33.0 Å². The van der Waals surface area contributed by atoms with Crippen LogP contribution < -0.4 is 5.32 Å². The zero-order valence-electron chi connectivity index (χ0n) is 11.6.